The van der Waals surface area contributed by atoms with Crippen molar-refractivity contribution in [2.75, 3.05) is 0 Å². The van der Waals surface area contributed by atoms with Crippen LogP contribution in [0.2, 0.25) is 0 Å². The molecule has 4 aromatic heterocycles. The Morgan fingerprint density at radius 1 is 0.317 bits per heavy atom. The van der Waals surface area contributed by atoms with Crippen molar-refractivity contribution in [1.29, 1.82) is 0 Å². The summed E-state index contributed by atoms with van der Waals surface area (Å²) in [7, 11) is 0. The molecule has 0 aliphatic heterocycles. The van der Waals surface area contributed by atoms with Crippen LogP contribution >= 0.6 is 11.3 Å². The van der Waals surface area contributed by atoms with Gasteiger partial charge in [0.25, 0.3) is 0 Å². The van der Waals surface area contributed by atoms with E-state index in [1.54, 1.807) is 0 Å². The van der Waals surface area contributed by atoms with Crippen LogP contribution in [0.1, 0.15) is 0 Å². The summed E-state index contributed by atoms with van der Waals surface area (Å²) in [5.41, 5.74) is 12.8. The maximum Gasteiger partial charge on any atom is 0.164 e. The minimum Gasteiger partial charge on any atom is -0.456 e. The zero-order valence-corrected chi connectivity index (χ0v) is 34.6. The Morgan fingerprint density at radius 3 is 1.54 bits per heavy atom. The number of para-hydroxylation sites is 2. The number of fused-ring (bicyclic) bond motifs is 9. The second-order valence-corrected chi connectivity index (χ2v) is 17.1. The predicted octanol–water partition coefficient (Wildman–Crippen LogP) is 15.6. The monoisotopic (exact) mass is 822 g/mol. The highest BCUT2D eigenvalue weighted by molar-refractivity contribution is 7.25. The topological polar surface area (TPSA) is 56.7 Å². The van der Waals surface area contributed by atoms with Gasteiger partial charge < -0.3 is 8.98 Å². The molecule has 13 aromatic rings. The number of hydrogen-bond acceptors (Lipinski definition) is 5. The second-order valence-electron chi connectivity index (χ2n) is 16.0. The van der Waals surface area contributed by atoms with Crippen molar-refractivity contribution in [3.63, 3.8) is 0 Å². The van der Waals surface area contributed by atoms with Gasteiger partial charge in [0.05, 0.1) is 11.0 Å². The van der Waals surface area contributed by atoms with Crippen molar-refractivity contribution >= 4 is 75.3 Å². The highest BCUT2D eigenvalue weighted by atomic mass is 32.1. The van der Waals surface area contributed by atoms with Crippen LogP contribution in [0.4, 0.5) is 0 Å². The number of nitrogens with zero attached hydrogens (tertiary/aromatic N) is 4. The number of benzene rings is 9. The maximum atomic E-state index is 6.15. The predicted molar refractivity (Wildman–Crippen MR) is 262 cm³/mol. The van der Waals surface area contributed by atoms with Crippen LogP contribution in [-0.2, 0) is 0 Å². The Balaban J connectivity index is 0.901. The lowest BCUT2D eigenvalue weighted by Gasteiger charge is -2.11. The molecule has 0 saturated heterocycles. The Morgan fingerprint density at radius 2 is 0.810 bits per heavy atom. The van der Waals surface area contributed by atoms with E-state index in [4.69, 9.17) is 19.4 Å². The smallest absolute Gasteiger partial charge is 0.164 e. The summed E-state index contributed by atoms with van der Waals surface area (Å²) in [5.74, 6) is 1.96. The number of hydrogen-bond donors (Lipinski definition) is 0. The summed E-state index contributed by atoms with van der Waals surface area (Å²) in [4.78, 5) is 15.0. The first kappa shape index (κ1) is 35.6. The van der Waals surface area contributed by atoms with Crippen LogP contribution in [0.25, 0.3) is 126 Å². The van der Waals surface area contributed by atoms with Gasteiger partial charge in [-0.2, -0.15) is 0 Å². The standard InChI is InChI=1S/C57H34N4OS/c1-3-12-35(13-4-1)55-58-56(36-14-5-2-6-15-36)60-57(59-55)41-25-29-54-48(34-41)47-33-40(24-28-53(47)63-54)37-16-11-17-42(30-37)61-49-20-9-7-18-43(49)45-31-38(22-26-50(45)61)39-23-27-52-46(32-39)44-19-8-10-21-51(44)62-52/h1-34H. The van der Waals surface area contributed by atoms with E-state index in [0.717, 1.165) is 55.4 Å². The summed E-state index contributed by atoms with van der Waals surface area (Å²) in [6.07, 6.45) is 0. The summed E-state index contributed by atoms with van der Waals surface area (Å²) < 4.78 is 11.0. The molecule has 13 rings (SSSR count). The van der Waals surface area contributed by atoms with Crippen LogP contribution in [-0.4, -0.2) is 19.5 Å². The molecule has 0 spiro atoms. The van der Waals surface area contributed by atoms with E-state index in [1.807, 2.05) is 84.1 Å². The number of rotatable bonds is 6. The third-order valence-electron chi connectivity index (χ3n) is 12.2. The van der Waals surface area contributed by atoms with Gasteiger partial charge in [0.2, 0.25) is 0 Å². The molecule has 0 atom stereocenters. The first-order valence-electron chi connectivity index (χ1n) is 21.1. The molecule has 63 heavy (non-hydrogen) atoms. The highest BCUT2D eigenvalue weighted by Crippen LogP contribution is 2.41. The summed E-state index contributed by atoms with van der Waals surface area (Å²) in [6, 6.07) is 73.0. The van der Waals surface area contributed by atoms with Crippen LogP contribution in [0, 0.1) is 0 Å². The fourth-order valence-electron chi connectivity index (χ4n) is 9.19. The summed E-state index contributed by atoms with van der Waals surface area (Å²) in [5, 5.41) is 7.11. The van der Waals surface area contributed by atoms with E-state index in [1.165, 1.54) is 53.1 Å². The van der Waals surface area contributed by atoms with Crippen LogP contribution < -0.4 is 0 Å². The average molecular weight is 823 g/mol. The lowest BCUT2D eigenvalue weighted by atomic mass is 10.0. The van der Waals surface area contributed by atoms with E-state index >= 15 is 0 Å². The molecule has 4 heterocycles. The zero-order valence-electron chi connectivity index (χ0n) is 33.7. The van der Waals surface area contributed by atoms with E-state index < -0.39 is 0 Å². The fraction of sp³-hybridized carbons (Fsp3) is 0. The molecule has 0 saturated carbocycles. The molecule has 0 amide bonds. The molecular formula is C57H34N4OS. The van der Waals surface area contributed by atoms with E-state index in [9.17, 15) is 0 Å². The van der Waals surface area contributed by atoms with Crippen LogP contribution in [0.5, 0.6) is 0 Å². The molecule has 0 aliphatic carbocycles. The van der Waals surface area contributed by atoms with Gasteiger partial charge in [-0.25, -0.2) is 15.0 Å². The third-order valence-corrected chi connectivity index (χ3v) is 13.4. The first-order chi connectivity index (χ1) is 31.2. The largest absolute Gasteiger partial charge is 0.456 e. The maximum absolute atomic E-state index is 6.15. The molecular weight excluding hydrogens is 789 g/mol. The Hall–Kier alpha value is -8.19. The summed E-state index contributed by atoms with van der Waals surface area (Å²) >= 11 is 1.81. The first-order valence-corrected chi connectivity index (χ1v) is 21.9. The molecule has 0 aliphatic rings. The van der Waals surface area contributed by atoms with Gasteiger partial charge in [0.1, 0.15) is 11.2 Å². The minimum absolute atomic E-state index is 0.652. The Bertz CT molecular complexity index is 3860. The van der Waals surface area contributed by atoms with Gasteiger partial charge in [-0.3, -0.25) is 0 Å². The molecule has 9 aromatic carbocycles. The molecule has 0 N–H and O–H groups in total. The van der Waals surface area contributed by atoms with Crippen LogP contribution in [0.3, 0.4) is 0 Å². The molecule has 294 valence electrons. The molecule has 0 unspecified atom stereocenters. The fourth-order valence-corrected chi connectivity index (χ4v) is 10.3. The molecule has 5 nitrogen and oxygen atoms in total. The lowest BCUT2D eigenvalue weighted by Crippen LogP contribution is -2.00. The van der Waals surface area contributed by atoms with Crippen LogP contribution in [0.15, 0.2) is 211 Å². The lowest BCUT2D eigenvalue weighted by molar-refractivity contribution is 0.669. The van der Waals surface area contributed by atoms with Crippen molar-refractivity contribution in [2.24, 2.45) is 0 Å². The second kappa shape index (κ2) is 14.2. The van der Waals surface area contributed by atoms with Gasteiger partial charge >= 0.3 is 0 Å². The van der Waals surface area contributed by atoms with Gasteiger partial charge in [0.15, 0.2) is 17.5 Å². The van der Waals surface area contributed by atoms with E-state index in [-0.39, 0.29) is 0 Å². The molecule has 6 heteroatoms. The van der Waals surface area contributed by atoms with Crippen molar-refractivity contribution < 1.29 is 4.42 Å². The normalized spacial score (nSPS) is 11.8. The summed E-state index contributed by atoms with van der Waals surface area (Å²) in [6.45, 7) is 0. The average Bonchev–Trinajstić information content (AvgIpc) is 4.03. The number of thiophene rings is 1. The quantitative estimate of drug-likeness (QED) is 0.168. The number of aromatic nitrogens is 4. The van der Waals surface area contributed by atoms with E-state index in [2.05, 4.69) is 138 Å². The number of furan rings is 1. The molecule has 0 fully saturated rings. The molecule has 0 radical (unpaired) electrons. The minimum atomic E-state index is 0.652. The van der Waals surface area contributed by atoms with Crippen molar-refractivity contribution in [1.82, 2.24) is 19.5 Å². The van der Waals surface area contributed by atoms with E-state index in [0.29, 0.717) is 17.5 Å². The zero-order chi connectivity index (χ0) is 41.4. The Labute approximate surface area is 365 Å². The highest BCUT2D eigenvalue weighted by Gasteiger charge is 2.17. The van der Waals surface area contributed by atoms with Crippen molar-refractivity contribution in [3.05, 3.63) is 206 Å². The molecule has 0 bridgehead atoms. The van der Waals surface area contributed by atoms with Gasteiger partial charge in [0, 0.05) is 64.1 Å². The van der Waals surface area contributed by atoms with Gasteiger partial charge in [-0.1, -0.05) is 127 Å². The van der Waals surface area contributed by atoms with Crippen molar-refractivity contribution in [2.45, 2.75) is 0 Å². The third kappa shape index (κ3) is 5.95. The van der Waals surface area contributed by atoms with Gasteiger partial charge in [-0.05, 0) is 101 Å². The van der Waals surface area contributed by atoms with Gasteiger partial charge in [-0.15, -0.1) is 11.3 Å². The Kier molecular flexibility index (Phi) is 8.01. The SMILES string of the molecule is c1ccc(-c2nc(-c3ccccc3)nc(-c3ccc4sc5ccc(-c6cccc(-n7c8ccccc8c8cc(-c9ccc%10oc%11ccccc%11c%10c9)ccc87)c6)cc5c4c3)n2)cc1. The van der Waals surface area contributed by atoms with Crippen molar-refractivity contribution in [3.8, 4) is 62.1 Å².